The molecule has 27 heavy (non-hydrogen) atoms. The van der Waals surface area contributed by atoms with Crippen molar-refractivity contribution in [1.82, 2.24) is 14.8 Å². The van der Waals surface area contributed by atoms with Crippen molar-refractivity contribution in [3.8, 4) is 0 Å². The van der Waals surface area contributed by atoms with Gasteiger partial charge < -0.3 is 5.11 Å². The lowest BCUT2D eigenvalue weighted by molar-refractivity contribution is -0.164. The van der Waals surface area contributed by atoms with Gasteiger partial charge in [-0.1, -0.05) is 23.7 Å². The normalized spacial score (nSPS) is 19.9. The highest BCUT2D eigenvalue weighted by Gasteiger charge is 2.53. The second kappa shape index (κ2) is 7.28. The summed E-state index contributed by atoms with van der Waals surface area (Å²) in [6.45, 7) is 0.347. The van der Waals surface area contributed by atoms with Crippen molar-refractivity contribution < 1.29 is 27.5 Å². The molecule has 2 heterocycles. The molecule has 1 aliphatic heterocycles. The van der Waals surface area contributed by atoms with Gasteiger partial charge in [-0.25, -0.2) is 17.6 Å². The lowest BCUT2D eigenvalue weighted by atomic mass is 10.1. The summed E-state index contributed by atoms with van der Waals surface area (Å²) in [6, 6.07) is 5.73. The van der Waals surface area contributed by atoms with Crippen LogP contribution < -0.4 is 0 Å². The van der Waals surface area contributed by atoms with E-state index in [9.17, 15) is 27.5 Å². The minimum Gasteiger partial charge on any atom is -0.364 e. The number of carbonyl (C=O) groups is 1. The summed E-state index contributed by atoms with van der Waals surface area (Å²) in [6.07, 6.45) is -4.70. The van der Waals surface area contributed by atoms with E-state index in [1.54, 1.807) is 10.9 Å². The topological polar surface area (TPSA) is 70.7 Å². The molecule has 2 aromatic rings. The van der Waals surface area contributed by atoms with Gasteiger partial charge in [-0.3, -0.25) is 9.48 Å². The number of rotatable bonds is 5. The molecular weight excluding hydrogens is 392 g/mol. The van der Waals surface area contributed by atoms with Crippen molar-refractivity contribution in [2.75, 3.05) is 0 Å². The zero-order chi connectivity index (χ0) is 19.8. The predicted molar refractivity (Wildman–Crippen MR) is 88.0 cm³/mol. The molecule has 0 fully saturated rings. The van der Waals surface area contributed by atoms with Gasteiger partial charge in [0.05, 0.1) is 17.8 Å². The first kappa shape index (κ1) is 19.3. The number of carbonyl (C=O) groups excluding carboxylic acids is 1. The summed E-state index contributed by atoms with van der Waals surface area (Å²) in [5, 5.41) is 17.7. The van der Waals surface area contributed by atoms with Gasteiger partial charge in [0.25, 0.3) is 18.8 Å². The maximum Gasteiger partial charge on any atom is 0.287 e. The first-order valence-electron chi connectivity index (χ1n) is 7.68. The number of alkyl halides is 4. The fourth-order valence-electron chi connectivity index (χ4n) is 2.59. The summed E-state index contributed by atoms with van der Waals surface area (Å²) in [5.41, 5.74) is -3.43. The van der Waals surface area contributed by atoms with Crippen LogP contribution in [-0.2, 0) is 6.54 Å². The van der Waals surface area contributed by atoms with Crippen LogP contribution in [0.2, 0.25) is 5.02 Å². The Morgan fingerprint density at radius 1 is 1.26 bits per heavy atom. The van der Waals surface area contributed by atoms with Gasteiger partial charge in [0.1, 0.15) is 5.71 Å². The minimum atomic E-state index is -3.47. The van der Waals surface area contributed by atoms with Crippen molar-refractivity contribution in [2.24, 2.45) is 5.10 Å². The highest BCUT2D eigenvalue weighted by atomic mass is 35.5. The Labute approximate surface area is 155 Å². The van der Waals surface area contributed by atoms with Gasteiger partial charge in [0.15, 0.2) is 0 Å². The smallest absolute Gasteiger partial charge is 0.287 e. The minimum absolute atomic E-state index is 0.0292. The molecular formula is C16H13ClF4N4O2. The first-order valence-corrected chi connectivity index (χ1v) is 8.06. The fourth-order valence-corrected chi connectivity index (χ4v) is 2.75. The van der Waals surface area contributed by atoms with E-state index >= 15 is 0 Å². The van der Waals surface area contributed by atoms with E-state index in [0.717, 1.165) is 5.56 Å². The molecule has 1 atom stereocenters. The Balaban J connectivity index is 1.81. The quantitative estimate of drug-likeness (QED) is 0.779. The number of benzene rings is 1. The van der Waals surface area contributed by atoms with Gasteiger partial charge in [-0.05, 0) is 17.7 Å². The molecule has 144 valence electrons. The third kappa shape index (κ3) is 3.81. The molecule has 0 radical (unpaired) electrons. The zero-order valence-corrected chi connectivity index (χ0v) is 14.3. The maximum absolute atomic E-state index is 13.2. The van der Waals surface area contributed by atoms with E-state index in [0.29, 0.717) is 11.6 Å². The summed E-state index contributed by atoms with van der Waals surface area (Å²) in [7, 11) is 0. The van der Waals surface area contributed by atoms with Gasteiger partial charge in [-0.2, -0.15) is 15.2 Å². The van der Waals surface area contributed by atoms with Crippen LogP contribution >= 0.6 is 11.6 Å². The third-order valence-corrected chi connectivity index (χ3v) is 4.17. The molecule has 3 rings (SSSR count). The van der Waals surface area contributed by atoms with Crippen LogP contribution in [0.1, 0.15) is 22.3 Å². The number of hydrogen-bond donors (Lipinski definition) is 1. The van der Waals surface area contributed by atoms with Crippen molar-refractivity contribution in [2.45, 2.75) is 31.5 Å². The number of halogens is 5. The fraction of sp³-hybridized carbons (Fsp3) is 0.312. The Morgan fingerprint density at radius 3 is 2.44 bits per heavy atom. The summed E-state index contributed by atoms with van der Waals surface area (Å²) >= 11 is 5.77. The summed E-state index contributed by atoms with van der Waals surface area (Å²) in [4.78, 5) is 12.5. The van der Waals surface area contributed by atoms with Crippen LogP contribution in [0.5, 0.6) is 0 Å². The van der Waals surface area contributed by atoms with Crippen LogP contribution in [0, 0.1) is 0 Å². The molecule has 1 amide bonds. The van der Waals surface area contributed by atoms with Crippen molar-refractivity contribution in [1.29, 1.82) is 0 Å². The van der Waals surface area contributed by atoms with Gasteiger partial charge in [-0.15, -0.1) is 0 Å². The van der Waals surface area contributed by atoms with E-state index in [-0.39, 0.29) is 10.6 Å². The number of hydrogen-bond acceptors (Lipinski definition) is 4. The van der Waals surface area contributed by atoms with E-state index in [1.165, 1.54) is 30.5 Å². The van der Waals surface area contributed by atoms with Gasteiger partial charge in [0.2, 0.25) is 5.72 Å². The highest BCUT2D eigenvalue weighted by molar-refractivity contribution is 6.30. The number of aromatic nitrogens is 2. The molecule has 0 saturated heterocycles. The molecule has 1 unspecified atom stereocenters. The highest BCUT2D eigenvalue weighted by Crippen LogP contribution is 2.34. The van der Waals surface area contributed by atoms with Crippen molar-refractivity contribution in [3.63, 3.8) is 0 Å². The lowest BCUT2D eigenvalue weighted by Crippen LogP contribution is -2.51. The second-order valence-electron chi connectivity index (χ2n) is 5.92. The SMILES string of the molecule is O=C(c1ccc(Cn2cc(Cl)cn2)cc1)N1N=C(C(F)F)CC1(O)C(F)F. The Kier molecular flexibility index (Phi) is 5.20. The lowest BCUT2D eigenvalue weighted by Gasteiger charge is -2.30. The van der Waals surface area contributed by atoms with Gasteiger partial charge in [0, 0.05) is 18.2 Å². The molecule has 1 aromatic carbocycles. The molecule has 0 aliphatic carbocycles. The van der Waals surface area contributed by atoms with E-state index in [2.05, 4.69) is 10.2 Å². The molecule has 6 nitrogen and oxygen atoms in total. The first-order chi connectivity index (χ1) is 12.7. The van der Waals surface area contributed by atoms with Gasteiger partial charge >= 0.3 is 0 Å². The monoisotopic (exact) mass is 404 g/mol. The number of amides is 1. The average Bonchev–Trinajstić information content (AvgIpc) is 3.19. The van der Waals surface area contributed by atoms with Crippen LogP contribution in [0.4, 0.5) is 17.6 Å². The number of nitrogens with zero attached hydrogens (tertiary/aromatic N) is 4. The molecule has 11 heteroatoms. The number of aliphatic hydroxyl groups is 1. The van der Waals surface area contributed by atoms with Crippen molar-refractivity contribution in [3.05, 3.63) is 52.8 Å². The largest absolute Gasteiger partial charge is 0.364 e. The van der Waals surface area contributed by atoms with Crippen LogP contribution in [0.25, 0.3) is 0 Å². The average molecular weight is 405 g/mol. The van der Waals surface area contributed by atoms with Crippen molar-refractivity contribution >= 4 is 23.2 Å². The predicted octanol–water partition coefficient (Wildman–Crippen LogP) is 3.01. The van der Waals surface area contributed by atoms with E-state index in [4.69, 9.17) is 11.6 Å². The maximum atomic E-state index is 13.2. The van der Waals surface area contributed by atoms with Crippen LogP contribution in [0.15, 0.2) is 41.8 Å². The molecule has 1 N–H and O–H groups in total. The number of hydrazone groups is 1. The van der Waals surface area contributed by atoms with Crippen LogP contribution in [-0.4, -0.2) is 50.1 Å². The third-order valence-electron chi connectivity index (χ3n) is 3.98. The van der Waals surface area contributed by atoms with Crippen LogP contribution in [0.3, 0.4) is 0 Å². The molecule has 0 bridgehead atoms. The Hall–Kier alpha value is -2.46. The summed E-state index contributed by atoms with van der Waals surface area (Å²) < 4.78 is 53.6. The molecule has 0 spiro atoms. The molecule has 1 aliphatic rings. The molecule has 0 saturated carbocycles. The second-order valence-corrected chi connectivity index (χ2v) is 6.35. The molecule has 1 aromatic heterocycles. The van der Waals surface area contributed by atoms with E-state index < -0.39 is 36.6 Å². The Bertz CT molecular complexity index is 872. The van der Waals surface area contributed by atoms with E-state index in [1.807, 2.05) is 0 Å². The summed E-state index contributed by atoms with van der Waals surface area (Å²) in [5.74, 6) is -1.11. The standard InChI is InChI=1S/C16H13ClF4N4O2/c17-11-6-22-24(8-11)7-9-1-3-10(4-2-9)14(26)25-16(27,15(20)21)5-12(23-25)13(18)19/h1-4,6,8,13,15,27H,5,7H2. The Morgan fingerprint density at radius 2 is 1.93 bits per heavy atom. The zero-order valence-electron chi connectivity index (χ0n) is 13.6.